The molecule has 1 aliphatic heterocycles. The monoisotopic (exact) mass is 366 g/mol. The lowest BCUT2D eigenvalue weighted by molar-refractivity contribution is 0.335. The van der Waals surface area contributed by atoms with Crippen LogP contribution in [-0.4, -0.2) is 42.3 Å². The first kappa shape index (κ1) is 21.1. The molecule has 27 heavy (non-hydrogen) atoms. The second-order valence-electron chi connectivity index (χ2n) is 6.99. The van der Waals surface area contributed by atoms with Gasteiger partial charge in [0, 0.05) is 50.1 Å². The third-order valence-electron chi connectivity index (χ3n) is 4.74. The normalized spacial score (nSPS) is 14.3. The molecule has 0 bridgehead atoms. The number of pyridine rings is 1. The van der Waals surface area contributed by atoms with E-state index < -0.39 is 0 Å². The molecule has 0 radical (unpaired) electrons. The average molecular weight is 367 g/mol. The van der Waals surface area contributed by atoms with Crippen molar-refractivity contribution < 1.29 is 0 Å². The van der Waals surface area contributed by atoms with Crippen molar-refractivity contribution in [1.29, 1.82) is 0 Å². The van der Waals surface area contributed by atoms with Gasteiger partial charge < -0.3 is 4.90 Å². The number of nitrogens with zero attached hydrogens (tertiary/aromatic N) is 4. The average Bonchev–Trinajstić information content (AvgIpc) is 2.70. The Balaban J connectivity index is 0.00000126. The molecule has 0 atom stereocenters. The molecule has 1 aromatic heterocycles. The molecule has 0 aliphatic carbocycles. The summed E-state index contributed by atoms with van der Waals surface area (Å²) in [7, 11) is 2.18. The van der Waals surface area contributed by atoms with Crippen LogP contribution in [0.1, 0.15) is 43.5 Å². The van der Waals surface area contributed by atoms with Crippen LogP contribution in [0.2, 0.25) is 0 Å². The molecule has 0 unspecified atom stereocenters. The number of hydrogen-bond donors (Lipinski definition) is 0. The topological polar surface area (TPSA) is 31.7 Å². The van der Waals surface area contributed by atoms with Gasteiger partial charge in [0.1, 0.15) is 0 Å². The van der Waals surface area contributed by atoms with Crippen LogP contribution in [0, 0.1) is 13.8 Å². The van der Waals surface area contributed by atoms with Gasteiger partial charge in [0.05, 0.1) is 5.69 Å². The van der Waals surface area contributed by atoms with E-state index in [0.717, 1.165) is 50.3 Å². The molecule has 4 nitrogen and oxygen atoms in total. The fraction of sp³-hybridized carbons (Fsp3) is 0.478. The molecule has 0 amide bonds. The molecule has 0 spiro atoms. The van der Waals surface area contributed by atoms with Crippen molar-refractivity contribution in [2.24, 2.45) is 5.10 Å². The fourth-order valence-corrected chi connectivity index (χ4v) is 2.98. The Morgan fingerprint density at radius 1 is 1.00 bits per heavy atom. The summed E-state index contributed by atoms with van der Waals surface area (Å²) in [5, 5.41) is 7.17. The maximum absolute atomic E-state index is 5.01. The van der Waals surface area contributed by atoms with Gasteiger partial charge in [0.15, 0.2) is 0 Å². The summed E-state index contributed by atoms with van der Waals surface area (Å²) in [5.41, 5.74) is 6.06. The Morgan fingerprint density at radius 3 is 2.26 bits per heavy atom. The lowest BCUT2D eigenvalue weighted by atomic mass is 10.1. The lowest BCUT2D eigenvalue weighted by Crippen LogP contribution is -2.32. The molecule has 0 saturated carbocycles. The second kappa shape index (κ2) is 10.8. The SMILES string of the molecule is CC.Cc1ccc(N(CCc2ccc(C)nc2)N=C2CCN(C)CC2)cc1. The van der Waals surface area contributed by atoms with Gasteiger partial charge in [0.25, 0.3) is 0 Å². The molecule has 1 fully saturated rings. The first-order valence-electron chi connectivity index (χ1n) is 10.1. The molecular weight excluding hydrogens is 332 g/mol. The van der Waals surface area contributed by atoms with Gasteiger partial charge in [-0.25, -0.2) is 0 Å². The van der Waals surface area contributed by atoms with E-state index in [-0.39, 0.29) is 0 Å². The number of anilines is 1. The van der Waals surface area contributed by atoms with Crippen molar-refractivity contribution in [3.05, 3.63) is 59.4 Å². The van der Waals surface area contributed by atoms with E-state index in [9.17, 15) is 0 Å². The standard InChI is InChI=1S/C21H28N4.C2H6/c1-17-4-8-21(9-5-17)25(23-20-11-13-24(3)14-12-20)15-10-19-7-6-18(2)22-16-19;1-2/h4-9,16H,10-15H2,1-3H3;1-2H3. The number of aromatic nitrogens is 1. The third kappa shape index (κ3) is 6.79. The Labute approximate surface area is 164 Å². The number of likely N-dealkylation sites (tertiary alicyclic amines) is 1. The number of benzene rings is 1. The number of hydrogen-bond acceptors (Lipinski definition) is 4. The molecule has 4 heteroatoms. The third-order valence-corrected chi connectivity index (χ3v) is 4.74. The Kier molecular flexibility index (Phi) is 8.46. The molecule has 2 heterocycles. The van der Waals surface area contributed by atoms with Crippen LogP contribution in [0.5, 0.6) is 0 Å². The maximum atomic E-state index is 5.01. The van der Waals surface area contributed by atoms with E-state index in [2.05, 4.69) is 65.3 Å². The summed E-state index contributed by atoms with van der Waals surface area (Å²) in [6.45, 7) is 11.2. The molecule has 1 aromatic carbocycles. The van der Waals surface area contributed by atoms with Crippen molar-refractivity contribution in [3.63, 3.8) is 0 Å². The predicted octanol–water partition coefficient (Wildman–Crippen LogP) is 4.86. The first-order valence-corrected chi connectivity index (χ1v) is 10.1. The molecule has 2 aromatic rings. The second-order valence-corrected chi connectivity index (χ2v) is 6.99. The van der Waals surface area contributed by atoms with Gasteiger partial charge in [-0.15, -0.1) is 0 Å². The number of aryl methyl sites for hydroxylation is 2. The summed E-state index contributed by atoms with van der Waals surface area (Å²) in [4.78, 5) is 6.77. The molecule has 1 saturated heterocycles. The van der Waals surface area contributed by atoms with Crippen molar-refractivity contribution in [3.8, 4) is 0 Å². The van der Waals surface area contributed by atoms with Gasteiger partial charge in [-0.05, 0) is 51.1 Å². The molecule has 3 rings (SSSR count). The molecule has 0 N–H and O–H groups in total. The number of hydrazone groups is 1. The number of piperidine rings is 1. The zero-order chi connectivity index (χ0) is 19.6. The quantitative estimate of drug-likeness (QED) is 0.709. The van der Waals surface area contributed by atoms with Crippen LogP contribution in [0.15, 0.2) is 47.7 Å². The van der Waals surface area contributed by atoms with E-state index in [0.29, 0.717) is 0 Å². The minimum atomic E-state index is 0.868. The van der Waals surface area contributed by atoms with Crippen LogP contribution >= 0.6 is 0 Å². The van der Waals surface area contributed by atoms with Crippen molar-refractivity contribution in [2.45, 2.75) is 47.0 Å². The minimum absolute atomic E-state index is 0.868. The Bertz CT molecular complexity index is 694. The Hall–Kier alpha value is -2.20. The zero-order valence-electron chi connectivity index (χ0n) is 17.6. The highest BCUT2D eigenvalue weighted by molar-refractivity contribution is 5.86. The predicted molar refractivity (Wildman–Crippen MR) is 117 cm³/mol. The molecule has 146 valence electrons. The van der Waals surface area contributed by atoms with Crippen LogP contribution in [-0.2, 0) is 6.42 Å². The van der Waals surface area contributed by atoms with Crippen LogP contribution in [0.3, 0.4) is 0 Å². The number of rotatable bonds is 5. The fourth-order valence-electron chi connectivity index (χ4n) is 2.98. The van der Waals surface area contributed by atoms with E-state index in [1.807, 2.05) is 27.0 Å². The van der Waals surface area contributed by atoms with Crippen molar-refractivity contribution in [1.82, 2.24) is 9.88 Å². The first-order chi connectivity index (χ1) is 13.1. The zero-order valence-corrected chi connectivity index (χ0v) is 17.6. The van der Waals surface area contributed by atoms with Crippen LogP contribution in [0.25, 0.3) is 0 Å². The molecule has 1 aliphatic rings. The molecular formula is C23H34N4. The largest absolute Gasteiger partial charge is 0.306 e. The summed E-state index contributed by atoms with van der Waals surface area (Å²) in [5.74, 6) is 0. The highest BCUT2D eigenvalue weighted by atomic mass is 15.5. The van der Waals surface area contributed by atoms with Gasteiger partial charge in [-0.2, -0.15) is 5.10 Å². The van der Waals surface area contributed by atoms with E-state index in [4.69, 9.17) is 5.10 Å². The minimum Gasteiger partial charge on any atom is -0.306 e. The highest BCUT2D eigenvalue weighted by Crippen LogP contribution is 2.18. The summed E-state index contributed by atoms with van der Waals surface area (Å²) in [6.07, 6.45) is 5.04. The van der Waals surface area contributed by atoms with Crippen molar-refractivity contribution >= 4 is 11.4 Å². The highest BCUT2D eigenvalue weighted by Gasteiger charge is 2.14. The van der Waals surface area contributed by atoms with Gasteiger partial charge in [-0.3, -0.25) is 9.99 Å². The van der Waals surface area contributed by atoms with E-state index in [1.165, 1.54) is 16.8 Å². The maximum Gasteiger partial charge on any atom is 0.0594 e. The van der Waals surface area contributed by atoms with Gasteiger partial charge >= 0.3 is 0 Å². The smallest absolute Gasteiger partial charge is 0.0594 e. The van der Waals surface area contributed by atoms with Crippen LogP contribution in [0.4, 0.5) is 5.69 Å². The van der Waals surface area contributed by atoms with Gasteiger partial charge in [0.2, 0.25) is 0 Å². The van der Waals surface area contributed by atoms with E-state index >= 15 is 0 Å². The Morgan fingerprint density at radius 2 is 1.67 bits per heavy atom. The summed E-state index contributed by atoms with van der Waals surface area (Å²) < 4.78 is 0. The van der Waals surface area contributed by atoms with Crippen LogP contribution < -0.4 is 5.01 Å². The lowest BCUT2D eigenvalue weighted by Gasteiger charge is -2.26. The van der Waals surface area contributed by atoms with Gasteiger partial charge in [-0.1, -0.05) is 37.6 Å². The summed E-state index contributed by atoms with van der Waals surface area (Å²) >= 11 is 0. The van der Waals surface area contributed by atoms with E-state index in [1.54, 1.807) is 0 Å². The van der Waals surface area contributed by atoms with Crippen molar-refractivity contribution in [2.75, 3.05) is 31.7 Å². The summed E-state index contributed by atoms with van der Waals surface area (Å²) in [6, 6.07) is 12.9.